The van der Waals surface area contributed by atoms with Crippen LogP contribution in [-0.4, -0.2) is 26.8 Å². The van der Waals surface area contributed by atoms with Crippen molar-refractivity contribution in [2.45, 2.75) is 20.0 Å². The van der Waals surface area contributed by atoms with E-state index in [1.165, 1.54) is 12.1 Å². The average molecular weight is 469 g/mol. The van der Waals surface area contributed by atoms with Crippen molar-refractivity contribution in [1.29, 1.82) is 0 Å². The van der Waals surface area contributed by atoms with E-state index in [9.17, 15) is 4.39 Å². The number of nitrogens with two attached hydrogens (primary N) is 1. The van der Waals surface area contributed by atoms with Crippen LogP contribution in [0.25, 0.3) is 22.3 Å². The number of benzene rings is 1. The van der Waals surface area contributed by atoms with E-state index in [2.05, 4.69) is 32.3 Å². The van der Waals surface area contributed by atoms with Gasteiger partial charge in [-0.3, -0.25) is 10.4 Å². The quantitative estimate of drug-likeness (QED) is 0.384. The monoisotopic (exact) mass is 468 g/mol. The molecule has 0 fully saturated rings. The highest BCUT2D eigenvalue weighted by atomic mass is 19.1. The summed E-state index contributed by atoms with van der Waals surface area (Å²) in [7, 11) is 0. The Bertz CT molecular complexity index is 1540. The van der Waals surface area contributed by atoms with Gasteiger partial charge in [-0.25, -0.2) is 13.8 Å². The van der Waals surface area contributed by atoms with Gasteiger partial charge >= 0.3 is 0 Å². The molecule has 5 rings (SSSR count). The first kappa shape index (κ1) is 22.3. The van der Waals surface area contributed by atoms with Crippen molar-refractivity contribution in [1.82, 2.24) is 20.4 Å². The zero-order chi connectivity index (χ0) is 24.5. The van der Waals surface area contributed by atoms with Crippen LogP contribution in [0.5, 0.6) is 0 Å². The van der Waals surface area contributed by atoms with Crippen LogP contribution in [0.1, 0.15) is 19.7 Å². The van der Waals surface area contributed by atoms with Gasteiger partial charge in [0.15, 0.2) is 5.82 Å². The number of allylic oxidation sites excluding steroid dienone is 8. The Morgan fingerprint density at radius 3 is 2.86 bits per heavy atom. The van der Waals surface area contributed by atoms with Gasteiger partial charge in [0.05, 0.1) is 22.8 Å². The molecule has 6 nitrogen and oxygen atoms in total. The average Bonchev–Trinajstić information content (AvgIpc) is 3.47. The Morgan fingerprint density at radius 2 is 2.09 bits per heavy atom. The predicted molar refractivity (Wildman–Crippen MR) is 133 cm³/mol. The lowest BCUT2D eigenvalue weighted by Gasteiger charge is -2.24. The number of nitrogens with zero attached hydrogens (tertiary/aromatic N) is 3. The summed E-state index contributed by atoms with van der Waals surface area (Å²) in [6, 6.07) is 7.94. The highest BCUT2D eigenvalue weighted by Crippen LogP contribution is 2.37. The lowest BCUT2D eigenvalue weighted by molar-refractivity contribution is 0.342. The van der Waals surface area contributed by atoms with E-state index in [1.807, 2.05) is 13.0 Å². The Balaban J connectivity index is 1.52. The zero-order valence-electron chi connectivity index (χ0n) is 19.1. The van der Waals surface area contributed by atoms with E-state index in [0.717, 1.165) is 0 Å². The Hall–Kier alpha value is -4.51. The molecule has 174 valence electrons. The number of aromatic nitrogens is 3. The molecule has 0 radical (unpaired) electrons. The summed E-state index contributed by atoms with van der Waals surface area (Å²) in [5.74, 6) is 4.91. The number of H-pyrrole nitrogens is 1. The summed E-state index contributed by atoms with van der Waals surface area (Å²) in [5.41, 5.74) is 13.8. The smallest absolute Gasteiger partial charge is 0.155 e. The maximum absolute atomic E-state index is 16.0. The van der Waals surface area contributed by atoms with Crippen LogP contribution in [0.3, 0.4) is 0 Å². The summed E-state index contributed by atoms with van der Waals surface area (Å²) in [5, 5.41) is 4.39. The number of hydrogen-bond acceptors (Lipinski definition) is 5. The van der Waals surface area contributed by atoms with Crippen LogP contribution in [0.4, 0.5) is 8.78 Å². The van der Waals surface area contributed by atoms with Crippen LogP contribution in [0.15, 0.2) is 88.5 Å². The summed E-state index contributed by atoms with van der Waals surface area (Å²) in [6.45, 7) is 3.52. The van der Waals surface area contributed by atoms with Gasteiger partial charge in [0, 0.05) is 17.5 Å². The fourth-order valence-corrected chi connectivity index (χ4v) is 4.34. The second-order valence-electron chi connectivity index (χ2n) is 8.10. The molecule has 2 aliphatic rings. The third-order valence-electron chi connectivity index (χ3n) is 5.93. The lowest BCUT2D eigenvalue weighted by Crippen LogP contribution is -2.30. The number of alkyl halides is 1. The predicted octanol–water partition coefficient (Wildman–Crippen LogP) is 4.66. The number of hydrazone groups is 1. The van der Waals surface area contributed by atoms with Gasteiger partial charge in [0.2, 0.25) is 0 Å². The number of rotatable bonds is 4. The molecule has 0 saturated heterocycles. The fraction of sp³-hybridized carbons (Fsp3) is 0.148. The molecule has 0 saturated carbocycles. The summed E-state index contributed by atoms with van der Waals surface area (Å²) < 4.78 is 29.8. The minimum atomic E-state index is -1.39. The van der Waals surface area contributed by atoms with E-state index in [-0.39, 0.29) is 5.82 Å². The lowest BCUT2D eigenvalue weighted by atomic mass is 9.83. The van der Waals surface area contributed by atoms with Crippen LogP contribution < -0.4 is 11.2 Å². The van der Waals surface area contributed by atoms with Crippen molar-refractivity contribution in [3.63, 3.8) is 0 Å². The van der Waals surface area contributed by atoms with Gasteiger partial charge in [0.25, 0.3) is 0 Å². The number of halogens is 2. The molecule has 0 spiro atoms. The summed E-state index contributed by atoms with van der Waals surface area (Å²) in [6.07, 6.45) is 7.25. The van der Waals surface area contributed by atoms with E-state index in [4.69, 9.17) is 10.7 Å². The largest absolute Gasteiger partial charge is 0.392 e. The Kier molecular flexibility index (Phi) is 5.75. The van der Waals surface area contributed by atoms with Gasteiger partial charge in [-0.1, -0.05) is 30.2 Å². The van der Waals surface area contributed by atoms with Gasteiger partial charge in [-0.05, 0) is 61.3 Å². The number of fused-ring (bicyclic) bond motifs is 2. The van der Waals surface area contributed by atoms with Crippen LogP contribution in [0, 0.1) is 23.6 Å². The van der Waals surface area contributed by atoms with Crippen LogP contribution >= 0.6 is 0 Å². The molecular weight excluding hydrogens is 446 g/mol. The topological polar surface area (TPSA) is 92.0 Å². The number of nitrogens with one attached hydrogen (secondary N) is 2. The molecule has 2 atom stereocenters. The molecule has 1 aliphatic carbocycles. The molecule has 35 heavy (non-hydrogen) atoms. The number of imidazole rings is 1. The normalized spacial score (nSPS) is 19.8. The maximum Gasteiger partial charge on any atom is 0.155 e. The van der Waals surface area contributed by atoms with Gasteiger partial charge in [-0.15, -0.1) is 0 Å². The molecule has 3 aromatic rings. The molecule has 2 unspecified atom stereocenters. The van der Waals surface area contributed by atoms with Crippen molar-refractivity contribution >= 4 is 16.7 Å². The van der Waals surface area contributed by atoms with Crippen molar-refractivity contribution in [2.24, 2.45) is 16.8 Å². The first-order chi connectivity index (χ1) is 17.0. The molecule has 0 bridgehead atoms. The Labute approximate surface area is 201 Å². The van der Waals surface area contributed by atoms with Crippen molar-refractivity contribution < 1.29 is 8.78 Å². The maximum atomic E-state index is 16.0. The van der Waals surface area contributed by atoms with Gasteiger partial charge in [-0.2, -0.15) is 5.10 Å². The third kappa shape index (κ3) is 4.02. The zero-order valence-corrected chi connectivity index (χ0v) is 19.1. The molecule has 2 aromatic heterocycles. The molecule has 1 aromatic carbocycles. The van der Waals surface area contributed by atoms with Crippen molar-refractivity contribution in [3.8, 4) is 23.1 Å². The second kappa shape index (κ2) is 9.03. The minimum absolute atomic E-state index is 0.358. The molecule has 1 aliphatic heterocycles. The number of pyridine rings is 1. The fourth-order valence-electron chi connectivity index (χ4n) is 4.34. The van der Waals surface area contributed by atoms with Crippen LogP contribution in [-0.2, 0) is 0 Å². The SMILES string of the molecule is CC#C/C(N)=C\C(=C/C)C1=CC=C2NN=C(c3nc4c(-c5cccc(F)c5)nccc4[nH]3)C2C1F. The van der Waals surface area contributed by atoms with E-state index in [1.54, 1.807) is 49.5 Å². The molecule has 3 heterocycles. The molecule has 8 heteroatoms. The first-order valence-electron chi connectivity index (χ1n) is 11.1. The van der Waals surface area contributed by atoms with Crippen LogP contribution in [0.2, 0.25) is 0 Å². The summed E-state index contributed by atoms with van der Waals surface area (Å²) >= 11 is 0. The molecule has 0 amide bonds. The van der Waals surface area contributed by atoms with Crippen molar-refractivity contribution in [3.05, 3.63) is 95.0 Å². The Morgan fingerprint density at radius 1 is 1.23 bits per heavy atom. The van der Waals surface area contributed by atoms with Gasteiger partial charge < -0.3 is 10.7 Å². The van der Waals surface area contributed by atoms with E-state index >= 15 is 4.39 Å². The van der Waals surface area contributed by atoms with Gasteiger partial charge in [0.1, 0.15) is 23.2 Å². The summed E-state index contributed by atoms with van der Waals surface area (Å²) in [4.78, 5) is 12.3. The standard InChI is InChI=1S/C27H22F2N6/c1-3-6-18(30)14-15(4-2)19-9-10-20-22(23(19)29)26(35-34-20)27-32-21-11-12-31-24(25(21)33-27)16-7-5-8-17(28)13-16/h4-5,7-14,22-23,34H,30H2,1-2H3,(H,32,33)/b15-4+,18-14+. The van der Waals surface area contributed by atoms with E-state index < -0.39 is 12.1 Å². The minimum Gasteiger partial charge on any atom is -0.392 e. The van der Waals surface area contributed by atoms with E-state index in [0.29, 0.717) is 56.4 Å². The molecular formula is C27H22F2N6. The van der Waals surface area contributed by atoms with Crippen molar-refractivity contribution in [2.75, 3.05) is 0 Å². The number of aromatic amines is 1. The molecule has 4 N–H and O–H groups in total. The first-order valence-corrected chi connectivity index (χ1v) is 11.1. The highest BCUT2D eigenvalue weighted by molar-refractivity contribution is 6.06. The highest BCUT2D eigenvalue weighted by Gasteiger charge is 2.40. The number of hydrogen-bond donors (Lipinski definition) is 3. The second-order valence-corrected chi connectivity index (χ2v) is 8.10. The third-order valence-corrected chi connectivity index (χ3v) is 5.93.